The Bertz CT molecular complexity index is 349. The minimum absolute atomic E-state index is 0.0675. The number of Topliss-reactive ketones (excluding diaryl/α,β-unsaturated/α-hetero) is 2. The van der Waals surface area contributed by atoms with Gasteiger partial charge in [-0.2, -0.15) is 0 Å². The first-order valence-corrected chi connectivity index (χ1v) is 9.21. The van der Waals surface area contributed by atoms with E-state index in [1.807, 2.05) is 0 Å². The molecule has 0 fully saturated rings. The molecule has 0 aromatic rings. The Morgan fingerprint density at radius 1 is 0.783 bits per heavy atom. The van der Waals surface area contributed by atoms with Gasteiger partial charge in [0.05, 0.1) is 0 Å². The highest BCUT2D eigenvalue weighted by atomic mass is 16.4. The Balaban J connectivity index is 3.75. The molecule has 0 aliphatic heterocycles. The quantitative estimate of drug-likeness (QED) is 0.408. The molecule has 0 radical (unpaired) electrons. The van der Waals surface area contributed by atoms with Crippen LogP contribution in [0.1, 0.15) is 97.3 Å². The summed E-state index contributed by atoms with van der Waals surface area (Å²) in [7, 11) is 0. The zero-order valence-corrected chi connectivity index (χ0v) is 14.9. The van der Waals surface area contributed by atoms with Gasteiger partial charge in [-0.05, 0) is 39.0 Å². The lowest BCUT2D eigenvalue weighted by atomic mass is 9.91. The van der Waals surface area contributed by atoms with E-state index in [9.17, 15) is 14.4 Å². The summed E-state index contributed by atoms with van der Waals surface area (Å²) >= 11 is 0. The van der Waals surface area contributed by atoms with Gasteiger partial charge in [0.1, 0.15) is 11.6 Å². The van der Waals surface area contributed by atoms with Gasteiger partial charge in [-0.25, -0.2) is 0 Å². The number of aliphatic carboxylic acids is 1. The number of carboxylic acids is 1. The highest BCUT2D eigenvalue weighted by Crippen LogP contribution is 2.19. The molecule has 0 aromatic carbocycles. The molecule has 0 aliphatic carbocycles. The summed E-state index contributed by atoms with van der Waals surface area (Å²) in [5.74, 6) is -0.128. The van der Waals surface area contributed by atoms with Gasteiger partial charge in [0.15, 0.2) is 0 Å². The van der Waals surface area contributed by atoms with Crippen molar-refractivity contribution in [2.75, 3.05) is 0 Å². The molecular formula is C19H34O4. The van der Waals surface area contributed by atoms with E-state index in [0.29, 0.717) is 25.0 Å². The maximum atomic E-state index is 11.7. The van der Waals surface area contributed by atoms with Crippen molar-refractivity contribution in [1.82, 2.24) is 0 Å². The molecule has 1 atom stereocenters. The fourth-order valence-corrected chi connectivity index (χ4v) is 2.81. The molecule has 0 spiro atoms. The van der Waals surface area contributed by atoms with Crippen LogP contribution in [0.3, 0.4) is 0 Å². The Kier molecular flexibility index (Phi) is 13.7. The van der Waals surface area contributed by atoms with Crippen molar-refractivity contribution in [3.8, 4) is 0 Å². The van der Waals surface area contributed by atoms with Crippen LogP contribution in [0.15, 0.2) is 0 Å². The minimum atomic E-state index is -0.741. The number of carbonyl (C=O) groups excluding carboxylic acids is 2. The van der Waals surface area contributed by atoms with Crippen LogP contribution in [0, 0.1) is 5.92 Å². The van der Waals surface area contributed by atoms with Crippen LogP contribution in [0.25, 0.3) is 0 Å². The van der Waals surface area contributed by atoms with Gasteiger partial charge in [-0.3, -0.25) is 14.4 Å². The summed E-state index contributed by atoms with van der Waals surface area (Å²) in [4.78, 5) is 33.8. The van der Waals surface area contributed by atoms with Gasteiger partial charge >= 0.3 is 5.97 Å². The molecule has 4 heteroatoms. The van der Waals surface area contributed by atoms with Gasteiger partial charge < -0.3 is 5.11 Å². The molecular weight excluding hydrogens is 292 g/mol. The maximum absolute atomic E-state index is 11.7. The van der Waals surface area contributed by atoms with E-state index < -0.39 is 5.97 Å². The SMILES string of the molecule is CCCCCC(=O)CCC[C@H](CCCCCCC(=O)O)C(C)=O. The van der Waals surface area contributed by atoms with Gasteiger partial charge in [-0.1, -0.05) is 39.0 Å². The monoisotopic (exact) mass is 326 g/mol. The van der Waals surface area contributed by atoms with Crippen molar-refractivity contribution in [1.29, 1.82) is 0 Å². The lowest BCUT2D eigenvalue weighted by Gasteiger charge is -2.13. The molecule has 0 aliphatic rings. The third-order valence-corrected chi connectivity index (χ3v) is 4.34. The zero-order valence-electron chi connectivity index (χ0n) is 14.9. The average molecular weight is 326 g/mol. The zero-order chi connectivity index (χ0) is 17.5. The Hall–Kier alpha value is -1.19. The molecule has 4 nitrogen and oxygen atoms in total. The Labute approximate surface area is 141 Å². The molecule has 1 N–H and O–H groups in total. The number of hydrogen-bond donors (Lipinski definition) is 1. The maximum Gasteiger partial charge on any atom is 0.303 e. The average Bonchev–Trinajstić information content (AvgIpc) is 2.48. The number of carbonyl (C=O) groups is 3. The second-order valence-corrected chi connectivity index (χ2v) is 6.54. The predicted molar refractivity (Wildman–Crippen MR) is 92.5 cm³/mol. The van der Waals surface area contributed by atoms with Gasteiger partial charge in [0.25, 0.3) is 0 Å². The second kappa shape index (κ2) is 14.4. The van der Waals surface area contributed by atoms with E-state index in [1.54, 1.807) is 6.92 Å². The normalized spacial score (nSPS) is 12.1. The smallest absolute Gasteiger partial charge is 0.303 e. The van der Waals surface area contributed by atoms with Crippen molar-refractivity contribution in [2.24, 2.45) is 5.92 Å². The second-order valence-electron chi connectivity index (χ2n) is 6.54. The molecule has 0 saturated carbocycles. The first-order valence-electron chi connectivity index (χ1n) is 9.21. The number of rotatable bonds is 16. The first-order chi connectivity index (χ1) is 11.0. The summed E-state index contributed by atoms with van der Waals surface area (Å²) in [6.07, 6.45) is 10.8. The largest absolute Gasteiger partial charge is 0.481 e. The molecule has 134 valence electrons. The highest BCUT2D eigenvalue weighted by Gasteiger charge is 2.14. The third kappa shape index (κ3) is 14.2. The van der Waals surface area contributed by atoms with Crippen LogP contribution in [-0.4, -0.2) is 22.6 Å². The van der Waals surface area contributed by atoms with Crippen molar-refractivity contribution >= 4 is 17.5 Å². The molecule has 0 aromatic heterocycles. The van der Waals surface area contributed by atoms with Crippen LogP contribution in [-0.2, 0) is 14.4 Å². The van der Waals surface area contributed by atoms with Crippen LogP contribution in [0.2, 0.25) is 0 Å². The summed E-state index contributed by atoms with van der Waals surface area (Å²) in [6, 6.07) is 0. The van der Waals surface area contributed by atoms with Crippen molar-refractivity contribution in [3.05, 3.63) is 0 Å². The van der Waals surface area contributed by atoms with Gasteiger partial charge in [0.2, 0.25) is 0 Å². The van der Waals surface area contributed by atoms with Crippen LogP contribution in [0.5, 0.6) is 0 Å². The van der Waals surface area contributed by atoms with E-state index in [2.05, 4.69) is 6.92 Å². The summed E-state index contributed by atoms with van der Waals surface area (Å²) in [5.41, 5.74) is 0. The highest BCUT2D eigenvalue weighted by molar-refractivity contribution is 5.79. The lowest BCUT2D eigenvalue weighted by molar-refractivity contribution is -0.137. The van der Waals surface area contributed by atoms with E-state index in [4.69, 9.17) is 5.11 Å². The van der Waals surface area contributed by atoms with Crippen molar-refractivity contribution < 1.29 is 19.5 Å². The summed E-state index contributed by atoms with van der Waals surface area (Å²) < 4.78 is 0. The number of ketones is 2. The van der Waals surface area contributed by atoms with E-state index in [1.165, 1.54) is 0 Å². The lowest BCUT2D eigenvalue weighted by Crippen LogP contribution is -2.12. The van der Waals surface area contributed by atoms with E-state index in [0.717, 1.165) is 57.8 Å². The number of unbranched alkanes of at least 4 members (excludes halogenated alkanes) is 5. The van der Waals surface area contributed by atoms with Crippen LogP contribution in [0.4, 0.5) is 0 Å². The van der Waals surface area contributed by atoms with Crippen molar-refractivity contribution in [2.45, 2.75) is 97.3 Å². The third-order valence-electron chi connectivity index (χ3n) is 4.34. The summed E-state index contributed by atoms with van der Waals surface area (Å²) in [6.45, 7) is 3.77. The Morgan fingerprint density at radius 3 is 1.96 bits per heavy atom. The molecule has 0 bridgehead atoms. The standard InChI is InChI=1S/C19H34O4/c1-3-4-7-13-18(21)14-10-12-17(16(2)20)11-8-5-6-9-15-19(22)23/h17H,3-15H2,1-2H3,(H,22,23)/t17-/m0/s1. The fraction of sp³-hybridized carbons (Fsp3) is 0.842. The molecule has 0 heterocycles. The van der Waals surface area contributed by atoms with Crippen molar-refractivity contribution in [3.63, 3.8) is 0 Å². The number of hydrogen-bond acceptors (Lipinski definition) is 3. The van der Waals surface area contributed by atoms with E-state index >= 15 is 0 Å². The predicted octanol–water partition coefficient (Wildman–Crippen LogP) is 4.94. The molecule has 0 saturated heterocycles. The van der Waals surface area contributed by atoms with Gasteiger partial charge in [-0.15, -0.1) is 0 Å². The molecule has 0 rings (SSSR count). The fourth-order valence-electron chi connectivity index (χ4n) is 2.81. The summed E-state index contributed by atoms with van der Waals surface area (Å²) in [5, 5.41) is 8.57. The minimum Gasteiger partial charge on any atom is -0.481 e. The van der Waals surface area contributed by atoms with Crippen LogP contribution < -0.4 is 0 Å². The number of carboxylic acid groups (broad SMARTS) is 1. The van der Waals surface area contributed by atoms with Gasteiger partial charge in [0, 0.05) is 25.2 Å². The molecule has 0 unspecified atom stereocenters. The molecule has 0 amide bonds. The van der Waals surface area contributed by atoms with E-state index in [-0.39, 0.29) is 18.1 Å². The topological polar surface area (TPSA) is 71.4 Å². The Morgan fingerprint density at radius 2 is 1.35 bits per heavy atom. The first kappa shape index (κ1) is 21.8. The molecule has 23 heavy (non-hydrogen) atoms. The van der Waals surface area contributed by atoms with Crippen LogP contribution >= 0.6 is 0 Å².